The standard InChI is InChI=1S/C8H9N3O6/c12-8(13)4-9-6-2-1-5(10(14)15)3-7(6)11(16)17/h1-3,9,16-17H,4H2,(H,12,13)/q-2. The van der Waals surface area contributed by atoms with Gasteiger partial charge in [-0.05, 0) is 18.2 Å². The minimum atomic E-state index is -1.16. The molecule has 9 heteroatoms. The first-order chi connectivity index (χ1) is 7.91. The molecule has 0 spiro atoms. The Labute approximate surface area is 95.2 Å². The molecule has 0 heterocycles. The summed E-state index contributed by atoms with van der Waals surface area (Å²) in [6.45, 7) is -0.460. The highest BCUT2D eigenvalue weighted by Crippen LogP contribution is 2.29. The van der Waals surface area contributed by atoms with Crippen LogP contribution < -0.4 is 15.8 Å². The van der Waals surface area contributed by atoms with Gasteiger partial charge in [-0.15, -0.1) is 5.23 Å². The Morgan fingerprint density at radius 3 is 2.47 bits per heavy atom. The molecule has 17 heavy (non-hydrogen) atoms. The Kier molecular flexibility index (Phi) is 4.06. The van der Waals surface area contributed by atoms with Gasteiger partial charge in [0, 0.05) is 5.69 Å². The van der Waals surface area contributed by atoms with E-state index in [-0.39, 0.29) is 22.3 Å². The smallest absolute Gasteiger partial charge is 0.322 e. The lowest BCUT2D eigenvalue weighted by Crippen LogP contribution is -2.18. The molecule has 4 N–H and O–H groups in total. The van der Waals surface area contributed by atoms with Gasteiger partial charge < -0.3 is 26.1 Å². The van der Waals surface area contributed by atoms with Crippen LogP contribution in [0, 0.1) is 10.4 Å². The van der Waals surface area contributed by atoms with Gasteiger partial charge in [-0.1, -0.05) is 0 Å². The zero-order chi connectivity index (χ0) is 13.0. The van der Waals surface area contributed by atoms with Crippen LogP contribution in [0.2, 0.25) is 0 Å². The minimum Gasteiger partial charge on any atom is -0.769 e. The average molecular weight is 243 g/mol. The number of benzene rings is 1. The molecule has 0 unspecified atom stereocenters. The van der Waals surface area contributed by atoms with Gasteiger partial charge in [0.15, 0.2) is 0 Å². The summed E-state index contributed by atoms with van der Waals surface area (Å²) in [6.07, 6.45) is 0. The number of nitrogens with zero attached hydrogens (tertiary/aromatic N) is 2. The van der Waals surface area contributed by atoms with Crippen LogP contribution in [0.4, 0.5) is 17.1 Å². The average Bonchev–Trinajstić information content (AvgIpc) is 2.25. The Hall–Kier alpha value is -2.07. The van der Waals surface area contributed by atoms with Crippen molar-refractivity contribution in [2.75, 3.05) is 22.3 Å². The molecular weight excluding hydrogens is 234 g/mol. The third-order valence-corrected chi connectivity index (χ3v) is 1.84. The second-order valence-electron chi connectivity index (χ2n) is 3.00. The predicted molar refractivity (Wildman–Crippen MR) is 57.8 cm³/mol. The molecule has 0 aliphatic carbocycles. The molecule has 0 amide bonds. The van der Waals surface area contributed by atoms with Crippen molar-refractivity contribution >= 4 is 23.0 Å². The molecule has 0 fully saturated rings. The third-order valence-electron chi connectivity index (χ3n) is 1.84. The number of aliphatic carboxylic acids is 1. The monoisotopic (exact) mass is 243 g/mol. The zero-order valence-corrected chi connectivity index (χ0v) is 8.40. The Morgan fingerprint density at radius 1 is 1.35 bits per heavy atom. The van der Waals surface area contributed by atoms with Gasteiger partial charge in [-0.2, -0.15) is 0 Å². The number of rotatable bonds is 5. The van der Waals surface area contributed by atoms with E-state index in [1.54, 1.807) is 0 Å². The van der Waals surface area contributed by atoms with E-state index in [0.29, 0.717) is 0 Å². The highest BCUT2D eigenvalue weighted by molar-refractivity contribution is 5.78. The van der Waals surface area contributed by atoms with Crippen LogP contribution in [-0.4, -0.2) is 28.0 Å². The van der Waals surface area contributed by atoms with Crippen LogP contribution in [0.3, 0.4) is 0 Å². The first kappa shape index (κ1) is 13.0. The molecule has 0 aliphatic heterocycles. The number of carboxylic acid groups (broad SMARTS) is 1. The van der Waals surface area contributed by atoms with E-state index in [1.807, 2.05) is 0 Å². The highest BCUT2D eigenvalue weighted by Gasteiger charge is 2.09. The summed E-state index contributed by atoms with van der Waals surface area (Å²) >= 11 is 0. The maximum absolute atomic E-state index is 10.5. The predicted octanol–water partition coefficient (Wildman–Crippen LogP) is 0.570. The van der Waals surface area contributed by atoms with Gasteiger partial charge in [-0.3, -0.25) is 15.2 Å². The van der Waals surface area contributed by atoms with Gasteiger partial charge in [0.2, 0.25) is 0 Å². The van der Waals surface area contributed by atoms with Crippen LogP contribution in [0.15, 0.2) is 18.2 Å². The summed E-state index contributed by atoms with van der Waals surface area (Å²) in [5.41, 5.74) is -0.627. The SMILES string of the molecule is O=C(O)CNc1ccc(N([O-])[O-])cc1N(O)O. The van der Waals surface area contributed by atoms with Crippen LogP contribution in [0.5, 0.6) is 0 Å². The molecular formula is C8H9N3O6-2. The lowest BCUT2D eigenvalue weighted by atomic mass is 10.2. The minimum absolute atomic E-state index is 0.0444. The Bertz CT molecular complexity index is 408. The fraction of sp³-hybridized carbons (Fsp3) is 0.125. The number of anilines is 3. The van der Waals surface area contributed by atoms with E-state index >= 15 is 0 Å². The zero-order valence-electron chi connectivity index (χ0n) is 8.40. The fourth-order valence-electron chi connectivity index (χ4n) is 1.12. The molecule has 0 atom stereocenters. The van der Waals surface area contributed by atoms with Crippen molar-refractivity contribution in [3.05, 3.63) is 28.6 Å². The number of carbonyl (C=O) groups is 1. The molecule has 0 aromatic heterocycles. The lowest BCUT2D eigenvalue weighted by Gasteiger charge is -2.38. The number of hydrogen-bond acceptors (Lipinski definition) is 8. The molecule has 1 rings (SSSR count). The van der Waals surface area contributed by atoms with Crippen LogP contribution >= 0.6 is 0 Å². The van der Waals surface area contributed by atoms with Gasteiger partial charge in [0.1, 0.15) is 12.2 Å². The molecule has 0 aliphatic rings. The largest absolute Gasteiger partial charge is 0.769 e. The molecule has 94 valence electrons. The second-order valence-corrected chi connectivity index (χ2v) is 3.00. The van der Waals surface area contributed by atoms with Crippen molar-refractivity contribution in [2.45, 2.75) is 0 Å². The molecule has 1 aromatic rings. The van der Waals surface area contributed by atoms with Crippen molar-refractivity contribution in [3.8, 4) is 0 Å². The Balaban J connectivity index is 3.00. The molecule has 1 aromatic carbocycles. The van der Waals surface area contributed by atoms with Crippen molar-refractivity contribution in [2.24, 2.45) is 0 Å². The van der Waals surface area contributed by atoms with Crippen molar-refractivity contribution in [3.63, 3.8) is 0 Å². The van der Waals surface area contributed by atoms with E-state index in [9.17, 15) is 15.2 Å². The van der Waals surface area contributed by atoms with E-state index in [4.69, 9.17) is 15.5 Å². The summed E-state index contributed by atoms with van der Waals surface area (Å²) in [6, 6.07) is 3.18. The van der Waals surface area contributed by atoms with E-state index in [2.05, 4.69) is 5.32 Å². The summed E-state index contributed by atoms with van der Waals surface area (Å²) in [7, 11) is 0. The number of hydrogen-bond donors (Lipinski definition) is 4. The third kappa shape index (κ3) is 3.46. The van der Waals surface area contributed by atoms with Crippen LogP contribution in [-0.2, 0) is 4.79 Å². The molecule has 9 nitrogen and oxygen atoms in total. The van der Waals surface area contributed by atoms with Gasteiger partial charge in [0.25, 0.3) is 0 Å². The van der Waals surface area contributed by atoms with Crippen molar-refractivity contribution in [1.82, 2.24) is 0 Å². The Morgan fingerprint density at radius 2 is 2.00 bits per heavy atom. The van der Waals surface area contributed by atoms with E-state index in [0.717, 1.165) is 12.1 Å². The highest BCUT2D eigenvalue weighted by atomic mass is 16.8. The second kappa shape index (κ2) is 5.32. The quantitative estimate of drug-likeness (QED) is 0.545. The molecule has 0 saturated carbocycles. The van der Waals surface area contributed by atoms with Gasteiger partial charge >= 0.3 is 5.97 Å². The first-order valence-corrected chi connectivity index (χ1v) is 4.34. The van der Waals surface area contributed by atoms with Crippen LogP contribution in [0.25, 0.3) is 0 Å². The number of nitrogens with one attached hydrogen (secondary N) is 1. The molecule has 0 saturated heterocycles. The van der Waals surface area contributed by atoms with Crippen molar-refractivity contribution in [1.29, 1.82) is 0 Å². The summed E-state index contributed by atoms with van der Waals surface area (Å²) in [4.78, 5) is 10.3. The maximum atomic E-state index is 10.5. The van der Waals surface area contributed by atoms with E-state index in [1.165, 1.54) is 6.07 Å². The van der Waals surface area contributed by atoms with Crippen LogP contribution in [0.1, 0.15) is 0 Å². The maximum Gasteiger partial charge on any atom is 0.322 e. The van der Waals surface area contributed by atoms with Gasteiger partial charge in [0.05, 0.1) is 5.69 Å². The lowest BCUT2D eigenvalue weighted by molar-refractivity contribution is -0.134. The first-order valence-electron chi connectivity index (χ1n) is 4.34. The summed E-state index contributed by atoms with van der Waals surface area (Å²) < 4.78 is 0. The topological polar surface area (TPSA) is 142 Å². The van der Waals surface area contributed by atoms with Gasteiger partial charge in [-0.25, -0.2) is 0 Å². The normalized spacial score (nSPS) is 9.88. The van der Waals surface area contributed by atoms with E-state index < -0.39 is 17.7 Å². The fourth-order valence-corrected chi connectivity index (χ4v) is 1.12. The summed E-state index contributed by atoms with van der Waals surface area (Å²) in [5, 5.41) is 48.4. The summed E-state index contributed by atoms with van der Waals surface area (Å²) in [5.74, 6) is -1.16. The van der Waals surface area contributed by atoms with Crippen molar-refractivity contribution < 1.29 is 20.3 Å². The number of carboxylic acids is 1. The molecule has 0 radical (unpaired) electrons. The molecule has 0 bridgehead atoms.